The fraction of sp³-hybridized carbons (Fsp3) is 0.833. The fourth-order valence-electron chi connectivity index (χ4n) is 2.97. The number of piperidine rings is 1. The Labute approximate surface area is 94.7 Å². The van der Waals surface area contributed by atoms with Gasteiger partial charge in [-0.1, -0.05) is 0 Å². The van der Waals surface area contributed by atoms with Crippen LogP contribution in [0.15, 0.2) is 0 Å². The average Bonchev–Trinajstić information content (AvgIpc) is 3.09. The Hall–Kier alpha value is -0.900. The first-order valence-corrected chi connectivity index (χ1v) is 6.10. The summed E-state index contributed by atoms with van der Waals surface area (Å²) in [6, 6.07) is 0. The zero-order valence-electron chi connectivity index (χ0n) is 9.54. The van der Waals surface area contributed by atoms with Crippen LogP contribution in [-0.2, 0) is 14.3 Å². The number of ketones is 1. The number of carbonyl (C=O) groups excluding carboxylic acids is 2. The minimum Gasteiger partial charge on any atom is -0.465 e. The van der Waals surface area contributed by atoms with Crippen LogP contribution in [0.4, 0.5) is 0 Å². The normalized spacial score (nSPS) is 32.8. The second-order valence-corrected chi connectivity index (χ2v) is 5.39. The van der Waals surface area contributed by atoms with E-state index < -0.39 is 5.92 Å². The molecule has 3 rings (SSSR count). The van der Waals surface area contributed by atoms with Crippen LogP contribution in [0.3, 0.4) is 0 Å². The second kappa shape index (κ2) is 3.06. The van der Waals surface area contributed by atoms with Crippen molar-refractivity contribution in [2.45, 2.75) is 50.1 Å². The summed E-state index contributed by atoms with van der Waals surface area (Å²) >= 11 is 0. The third-order valence-corrected chi connectivity index (χ3v) is 4.07. The zero-order chi connectivity index (χ0) is 11.4. The largest absolute Gasteiger partial charge is 0.465 e. The minimum atomic E-state index is -0.543. The van der Waals surface area contributed by atoms with Crippen LogP contribution in [0.25, 0.3) is 0 Å². The Kier molecular flexibility index (Phi) is 1.97. The van der Waals surface area contributed by atoms with Crippen molar-refractivity contribution in [3.8, 4) is 0 Å². The Balaban J connectivity index is 1.82. The van der Waals surface area contributed by atoms with Gasteiger partial charge >= 0.3 is 5.97 Å². The third-order valence-electron chi connectivity index (χ3n) is 4.07. The predicted octanol–water partition coefficient (Wildman–Crippen LogP) is 0.793. The number of carbonyl (C=O) groups is 2. The molecule has 0 aromatic rings. The Morgan fingerprint density at radius 3 is 2.62 bits per heavy atom. The van der Waals surface area contributed by atoms with Crippen LogP contribution in [0.1, 0.15) is 39.0 Å². The summed E-state index contributed by atoms with van der Waals surface area (Å²) in [5, 5.41) is 3.55. The maximum atomic E-state index is 12.1. The summed E-state index contributed by atoms with van der Waals surface area (Å²) in [7, 11) is 0. The van der Waals surface area contributed by atoms with E-state index in [1.807, 2.05) is 0 Å². The molecule has 2 saturated carbocycles. The SMILES string of the molecule is CCOC(=O)C1C(=O)CC2(CC2)NC12CC2. The molecular formula is C12H17NO3. The summed E-state index contributed by atoms with van der Waals surface area (Å²) in [4.78, 5) is 23.9. The summed E-state index contributed by atoms with van der Waals surface area (Å²) in [5.41, 5.74) is -0.186. The Morgan fingerprint density at radius 1 is 1.44 bits per heavy atom. The first-order valence-electron chi connectivity index (χ1n) is 6.10. The van der Waals surface area contributed by atoms with E-state index in [1.54, 1.807) is 6.92 Å². The molecule has 1 atom stereocenters. The van der Waals surface area contributed by atoms with Gasteiger partial charge in [0.2, 0.25) is 0 Å². The molecule has 0 amide bonds. The van der Waals surface area contributed by atoms with Gasteiger partial charge in [-0.3, -0.25) is 9.59 Å². The molecule has 0 aromatic heterocycles. The zero-order valence-corrected chi connectivity index (χ0v) is 9.54. The maximum absolute atomic E-state index is 12.1. The monoisotopic (exact) mass is 223 g/mol. The van der Waals surface area contributed by atoms with E-state index in [0.29, 0.717) is 13.0 Å². The molecule has 0 radical (unpaired) electrons. The summed E-state index contributed by atoms with van der Waals surface area (Å²) in [6.45, 7) is 2.13. The van der Waals surface area contributed by atoms with E-state index in [4.69, 9.17) is 4.74 Å². The molecular weight excluding hydrogens is 206 g/mol. The van der Waals surface area contributed by atoms with Crippen molar-refractivity contribution < 1.29 is 14.3 Å². The number of ether oxygens (including phenoxy) is 1. The van der Waals surface area contributed by atoms with Gasteiger partial charge in [0.15, 0.2) is 5.78 Å². The lowest BCUT2D eigenvalue weighted by Gasteiger charge is -2.36. The van der Waals surface area contributed by atoms with Crippen molar-refractivity contribution in [3.63, 3.8) is 0 Å². The molecule has 88 valence electrons. The quantitative estimate of drug-likeness (QED) is 0.555. The molecule has 2 aliphatic carbocycles. The standard InChI is InChI=1S/C12H17NO3/c1-2-16-10(15)9-8(14)7-11(3-4-11)13-12(9)5-6-12/h9,13H,2-7H2,1H3. The molecule has 16 heavy (non-hydrogen) atoms. The fourth-order valence-corrected chi connectivity index (χ4v) is 2.97. The van der Waals surface area contributed by atoms with Gasteiger partial charge in [-0.15, -0.1) is 0 Å². The predicted molar refractivity (Wildman–Crippen MR) is 56.8 cm³/mol. The molecule has 1 heterocycles. The van der Waals surface area contributed by atoms with Gasteiger partial charge in [-0.25, -0.2) is 0 Å². The smallest absolute Gasteiger partial charge is 0.318 e. The van der Waals surface area contributed by atoms with Gasteiger partial charge < -0.3 is 10.1 Å². The Bertz CT molecular complexity index is 355. The topological polar surface area (TPSA) is 55.4 Å². The molecule has 1 aliphatic heterocycles. The summed E-state index contributed by atoms with van der Waals surface area (Å²) < 4.78 is 5.02. The van der Waals surface area contributed by atoms with Crippen molar-refractivity contribution >= 4 is 11.8 Å². The molecule has 3 fully saturated rings. The van der Waals surface area contributed by atoms with Gasteiger partial charge in [-0.05, 0) is 32.6 Å². The van der Waals surface area contributed by atoms with Crippen LogP contribution in [-0.4, -0.2) is 29.4 Å². The van der Waals surface area contributed by atoms with Crippen LogP contribution < -0.4 is 5.32 Å². The number of esters is 1. The van der Waals surface area contributed by atoms with Crippen molar-refractivity contribution in [1.29, 1.82) is 0 Å². The first kappa shape index (κ1) is 10.3. The van der Waals surface area contributed by atoms with Crippen molar-refractivity contribution in [3.05, 3.63) is 0 Å². The average molecular weight is 223 g/mol. The van der Waals surface area contributed by atoms with E-state index >= 15 is 0 Å². The lowest BCUT2D eigenvalue weighted by atomic mass is 9.83. The van der Waals surface area contributed by atoms with Gasteiger partial charge in [0, 0.05) is 17.5 Å². The second-order valence-electron chi connectivity index (χ2n) is 5.39. The number of Topliss-reactive ketones (excluding diaryl/α,β-unsaturated/α-hetero) is 1. The molecule has 1 unspecified atom stereocenters. The van der Waals surface area contributed by atoms with Gasteiger partial charge in [-0.2, -0.15) is 0 Å². The number of rotatable bonds is 2. The molecule has 3 aliphatic rings. The maximum Gasteiger partial charge on any atom is 0.318 e. The van der Waals surface area contributed by atoms with Crippen molar-refractivity contribution in [2.75, 3.05) is 6.61 Å². The van der Waals surface area contributed by atoms with Gasteiger partial charge in [0.25, 0.3) is 0 Å². The van der Waals surface area contributed by atoms with Crippen LogP contribution >= 0.6 is 0 Å². The van der Waals surface area contributed by atoms with E-state index in [0.717, 1.165) is 25.7 Å². The van der Waals surface area contributed by atoms with Crippen LogP contribution in [0.2, 0.25) is 0 Å². The Morgan fingerprint density at radius 2 is 2.12 bits per heavy atom. The molecule has 0 aromatic carbocycles. The minimum absolute atomic E-state index is 0.0522. The summed E-state index contributed by atoms with van der Waals surface area (Å²) in [5.74, 6) is -0.779. The lowest BCUT2D eigenvalue weighted by molar-refractivity contribution is -0.155. The van der Waals surface area contributed by atoms with E-state index in [1.165, 1.54) is 0 Å². The first-order chi connectivity index (χ1) is 7.61. The molecule has 1 saturated heterocycles. The van der Waals surface area contributed by atoms with Crippen molar-refractivity contribution in [1.82, 2.24) is 5.32 Å². The third kappa shape index (κ3) is 1.39. The molecule has 4 nitrogen and oxygen atoms in total. The molecule has 0 bridgehead atoms. The molecule has 4 heteroatoms. The van der Waals surface area contributed by atoms with Gasteiger partial charge in [0.1, 0.15) is 5.92 Å². The molecule has 2 spiro atoms. The highest BCUT2D eigenvalue weighted by atomic mass is 16.5. The number of hydrogen-bond donors (Lipinski definition) is 1. The molecule has 1 N–H and O–H groups in total. The van der Waals surface area contributed by atoms with Gasteiger partial charge in [0.05, 0.1) is 6.61 Å². The van der Waals surface area contributed by atoms with E-state index in [9.17, 15) is 9.59 Å². The highest BCUT2D eigenvalue weighted by Crippen LogP contribution is 2.54. The highest BCUT2D eigenvalue weighted by Gasteiger charge is 2.65. The summed E-state index contributed by atoms with van der Waals surface area (Å²) in [6.07, 6.45) is 4.54. The van der Waals surface area contributed by atoms with Crippen LogP contribution in [0.5, 0.6) is 0 Å². The van der Waals surface area contributed by atoms with E-state index in [2.05, 4.69) is 5.32 Å². The number of nitrogens with one attached hydrogen (secondary N) is 1. The lowest BCUT2D eigenvalue weighted by Crippen LogP contribution is -2.58. The van der Waals surface area contributed by atoms with E-state index in [-0.39, 0.29) is 22.8 Å². The van der Waals surface area contributed by atoms with Crippen molar-refractivity contribution in [2.24, 2.45) is 5.92 Å². The van der Waals surface area contributed by atoms with Crippen LogP contribution in [0, 0.1) is 5.92 Å². The highest BCUT2D eigenvalue weighted by molar-refractivity contribution is 6.02. The number of hydrogen-bond acceptors (Lipinski definition) is 4.